The zero-order valence-electron chi connectivity index (χ0n) is 15.9. The minimum Gasteiger partial charge on any atom is -0.295 e. The number of terminal acetylenes is 2. The molecule has 0 unspecified atom stereocenters. The highest BCUT2D eigenvalue weighted by atomic mass is 32.1. The third kappa shape index (κ3) is 3.38. The van der Waals surface area contributed by atoms with Gasteiger partial charge in [0.05, 0.1) is 24.6 Å². The number of aromatic nitrogens is 1. The van der Waals surface area contributed by atoms with E-state index in [2.05, 4.69) is 28.0 Å². The van der Waals surface area contributed by atoms with Crippen LogP contribution in [-0.2, 0) is 6.42 Å². The number of urea groups is 1. The summed E-state index contributed by atoms with van der Waals surface area (Å²) in [6, 6.07) is -0.110. The van der Waals surface area contributed by atoms with Crippen molar-refractivity contribution in [3.63, 3.8) is 0 Å². The Morgan fingerprint density at radius 2 is 1.76 bits per heavy atom. The molecule has 2 heterocycles. The van der Waals surface area contributed by atoms with Crippen molar-refractivity contribution >= 4 is 22.6 Å². The fourth-order valence-electron chi connectivity index (χ4n) is 2.68. The fraction of sp³-hybridized carbons (Fsp3) is 0.579. The van der Waals surface area contributed by atoms with Gasteiger partial charge in [-0.2, -0.15) is 4.37 Å². The maximum Gasteiger partial charge on any atom is 0.328 e. The smallest absolute Gasteiger partial charge is 0.295 e. The normalized spacial score (nSPS) is 16.7. The van der Waals surface area contributed by atoms with Crippen LogP contribution in [0.5, 0.6) is 0 Å². The number of carbonyl (C=O) groups excluding carboxylic acids is 1. The average Bonchev–Trinajstić information content (AvgIpc) is 2.95. The summed E-state index contributed by atoms with van der Waals surface area (Å²) in [5.41, 5.74) is 0.836. The number of rotatable bonds is 4. The number of anilines is 1. The monoisotopic (exact) mass is 358 g/mol. The molecule has 2 amide bonds. The van der Waals surface area contributed by atoms with Crippen LogP contribution in [0.25, 0.3) is 0 Å². The van der Waals surface area contributed by atoms with Crippen LogP contribution in [0, 0.1) is 31.6 Å². The first-order chi connectivity index (χ1) is 11.6. The quantitative estimate of drug-likeness (QED) is 0.776. The lowest BCUT2D eigenvalue weighted by molar-refractivity contribution is 0.0407. The second-order valence-corrected chi connectivity index (χ2v) is 8.03. The number of hydrogen-bond acceptors (Lipinski definition) is 4. The highest BCUT2D eigenvalue weighted by Gasteiger charge is 2.43. The van der Waals surface area contributed by atoms with Gasteiger partial charge in [0.2, 0.25) is 0 Å². The molecule has 5 nitrogen and oxygen atoms in total. The molecule has 1 aliphatic rings. The maximum absolute atomic E-state index is 13.2. The Morgan fingerprint density at radius 3 is 2.24 bits per heavy atom. The minimum absolute atomic E-state index is 0.110. The number of carbonyl (C=O) groups is 1. The van der Waals surface area contributed by atoms with Crippen molar-refractivity contribution in [1.29, 1.82) is 0 Å². The van der Waals surface area contributed by atoms with Crippen molar-refractivity contribution in [1.82, 2.24) is 14.2 Å². The van der Waals surface area contributed by atoms with Crippen molar-refractivity contribution in [2.24, 2.45) is 0 Å². The second-order valence-electron chi connectivity index (χ2n) is 7.28. The third-order valence-corrected chi connectivity index (χ3v) is 5.85. The zero-order valence-corrected chi connectivity index (χ0v) is 16.7. The first-order valence-corrected chi connectivity index (χ1v) is 9.11. The molecule has 0 N–H and O–H groups in total. The van der Waals surface area contributed by atoms with Crippen LogP contribution in [0.4, 0.5) is 9.80 Å². The van der Waals surface area contributed by atoms with E-state index in [1.54, 1.807) is 9.80 Å². The van der Waals surface area contributed by atoms with Gasteiger partial charge in [0.25, 0.3) is 0 Å². The van der Waals surface area contributed by atoms with Gasteiger partial charge in [0.15, 0.2) is 0 Å². The van der Waals surface area contributed by atoms with Gasteiger partial charge in [-0.3, -0.25) is 14.7 Å². The third-order valence-electron chi connectivity index (χ3n) is 4.83. The van der Waals surface area contributed by atoms with E-state index < -0.39 is 11.1 Å². The Hall–Kier alpha value is -2.02. The lowest BCUT2D eigenvalue weighted by Crippen LogP contribution is -2.67. The maximum atomic E-state index is 13.2. The van der Waals surface area contributed by atoms with Crippen LogP contribution < -0.4 is 4.90 Å². The van der Waals surface area contributed by atoms with Crippen molar-refractivity contribution in [3.8, 4) is 24.7 Å². The molecule has 1 aromatic heterocycles. The fourth-order valence-corrected chi connectivity index (χ4v) is 3.63. The first-order valence-electron chi connectivity index (χ1n) is 8.34. The Morgan fingerprint density at radius 1 is 1.16 bits per heavy atom. The van der Waals surface area contributed by atoms with Crippen molar-refractivity contribution < 1.29 is 4.79 Å². The average molecular weight is 359 g/mol. The van der Waals surface area contributed by atoms with Gasteiger partial charge in [-0.25, -0.2) is 4.79 Å². The molecular formula is C19H26N4OS. The minimum atomic E-state index is -0.717. The molecule has 1 fully saturated rings. The first kappa shape index (κ1) is 19.3. The van der Waals surface area contributed by atoms with Crippen molar-refractivity contribution in [2.45, 2.75) is 59.0 Å². The van der Waals surface area contributed by atoms with Crippen molar-refractivity contribution in [2.75, 3.05) is 18.2 Å². The summed E-state index contributed by atoms with van der Waals surface area (Å²) >= 11 is 1.35. The molecule has 0 saturated carbocycles. The predicted molar refractivity (Wildman–Crippen MR) is 103 cm³/mol. The second kappa shape index (κ2) is 6.71. The van der Waals surface area contributed by atoms with Crippen LogP contribution in [-0.4, -0.2) is 44.6 Å². The van der Waals surface area contributed by atoms with Gasteiger partial charge in [-0.15, -0.1) is 12.8 Å². The number of nitrogens with zero attached hydrogens (tertiary/aromatic N) is 4. The van der Waals surface area contributed by atoms with E-state index in [0.717, 1.165) is 22.7 Å². The van der Waals surface area contributed by atoms with Crippen LogP contribution in [0.2, 0.25) is 0 Å². The van der Waals surface area contributed by atoms with Crippen molar-refractivity contribution in [3.05, 3.63) is 11.3 Å². The predicted octanol–water partition coefficient (Wildman–Crippen LogP) is 3.30. The highest BCUT2D eigenvalue weighted by molar-refractivity contribution is 7.10. The molecule has 25 heavy (non-hydrogen) atoms. The summed E-state index contributed by atoms with van der Waals surface area (Å²) in [6.07, 6.45) is 12.3. The van der Waals surface area contributed by atoms with E-state index in [1.165, 1.54) is 11.5 Å². The van der Waals surface area contributed by atoms with Crippen LogP contribution in [0.3, 0.4) is 0 Å². The standard InChI is InChI=1S/C19H26N4OS/c1-9-15-14(4)16(25-20-15)22-12-21(18(5,6)10-2)13-23(17(22)24)19(7,8)11-3/h2-3H,9,12-13H2,1,4-8H3. The molecule has 1 saturated heterocycles. The summed E-state index contributed by atoms with van der Waals surface area (Å²) in [6.45, 7) is 12.6. The molecule has 6 heteroatoms. The van der Waals surface area contributed by atoms with E-state index in [0.29, 0.717) is 13.3 Å². The number of amides is 2. The van der Waals surface area contributed by atoms with Gasteiger partial charge < -0.3 is 0 Å². The molecule has 0 radical (unpaired) electrons. The molecule has 1 aliphatic heterocycles. The Labute approximate surface area is 155 Å². The summed E-state index contributed by atoms with van der Waals surface area (Å²) < 4.78 is 4.49. The SMILES string of the molecule is C#CC(C)(C)N1CN(c2snc(CC)c2C)C(=O)N(C(C)(C)C#C)C1. The lowest BCUT2D eigenvalue weighted by Gasteiger charge is -2.50. The molecule has 0 aromatic carbocycles. The van der Waals surface area contributed by atoms with Crippen LogP contribution in [0.15, 0.2) is 0 Å². The largest absolute Gasteiger partial charge is 0.328 e. The Bertz CT molecular complexity index is 750. The van der Waals surface area contributed by atoms with Gasteiger partial charge in [0, 0.05) is 5.56 Å². The molecular weight excluding hydrogens is 332 g/mol. The van der Waals surface area contributed by atoms with E-state index in [1.807, 2.05) is 34.6 Å². The van der Waals surface area contributed by atoms with E-state index in [9.17, 15) is 4.79 Å². The van der Waals surface area contributed by atoms with Crippen LogP contribution in [0.1, 0.15) is 45.9 Å². The van der Waals surface area contributed by atoms with Gasteiger partial charge in [-0.05, 0) is 52.6 Å². The number of hydrogen-bond donors (Lipinski definition) is 0. The summed E-state index contributed by atoms with van der Waals surface area (Å²) in [5.74, 6) is 5.54. The topological polar surface area (TPSA) is 39.7 Å². The summed E-state index contributed by atoms with van der Waals surface area (Å²) in [4.78, 5) is 18.7. The molecule has 134 valence electrons. The highest BCUT2D eigenvalue weighted by Crippen LogP contribution is 2.34. The Kier molecular flexibility index (Phi) is 5.18. The molecule has 2 rings (SSSR count). The van der Waals surface area contributed by atoms with E-state index in [4.69, 9.17) is 12.8 Å². The summed E-state index contributed by atoms with van der Waals surface area (Å²) in [7, 11) is 0. The molecule has 0 spiro atoms. The van der Waals surface area contributed by atoms with Gasteiger partial charge in [0.1, 0.15) is 10.5 Å². The van der Waals surface area contributed by atoms with Crippen LogP contribution >= 0.6 is 11.5 Å². The molecule has 0 atom stereocenters. The Balaban J connectivity index is 2.51. The van der Waals surface area contributed by atoms with E-state index >= 15 is 0 Å². The van der Waals surface area contributed by atoms with Gasteiger partial charge >= 0.3 is 6.03 Å². The molecule has 0 aliphatic carbocycles. The van der Waals surface area contributed by atoms with E-state index in [-0.39, 0.29) is 6.03 Å². The molecule has 1 aromatic rings. The zero-order chi connectivity index (χ0) is 19.0. The summed E-state index contributed by atoms with van der Waals surface area (Å²) in [5, 5.41) is 0.859. The lowest BCUT2D eigenvalue weighted by atomic mass is 10.0. The molecule has 0 bridgehead atoms. The number of aryl methyl sites for hydroxylation is 1. The van der Waals surface area contributed by atoms with Gasteiger partial charge in [-0.1, -0.05) is 18.8 Å².